The van der Waals surface area contributed by atoms with E-state index >= 15 is 0 Å². The van der Waals surface area contributed by atoms with Crippen molar-refractivity contribution >= 4 is 14.0 Å². The molecule has 0 bridgehead atoms. The zero-order valence-electron chi connectivity index (χ0n) is 7.31. The second kappa shape index (κ2) is 3.53. The van der Waals surface area contributed by atoms with Crippen LogP contribution in [0.2, 0.25) is 13.1 Å². The summed E-state index contributed by atoms with van der Waals surface area (Å²) in [5.74, 6) is -0.318. The highest BCUT2D eigenvalue weighted by molar-refractivity contribution is 6.91. The zero-order valence-corrected chi connectivity index (χ0v) is 8.31. The molecule has 0 saturated heterocycles. The molecule has 0 aliphatic heterocycles. The van der Waals surface area contributed by atoms with Gasteiger partial charge in [0.05, 0.1) is 7.11 Å². The molecule has 0 saturated carbocycles. The first-order valence-corrected chi connectivity index (χ1v) is 6.44. The van der Waals surface area contributed by atoms with Crippen molar-refractivity contribution in [2.45, 2.75) is 13.1 Å². The van der Waals surface area contributed by atoms with Gasteiger partial charge in [0.25, 0.3) is 0 Å². The van der Waals surface area contributed by atoms with Gasteiger partial charge in [-0.25, -0.2) is 4.79 Å². The van der Waals surface area contributed by atoms with Gasteiger partial charge in [-0.1, -0.05) is 25.4 Å². The molecule has 3 heteroatoms. The van der Waals surface area contributed by atoms with E-state index in [4.69, 9.17) is 0 Å². The first-order chi connectivity index (χ1) is 4.95. The van der Waals surface area contributed by atoms with E-state index in [9.17, 15) is 4.79 Å². The van der Waals surface area contributed by atoms with Crippen LogP contribution in [0, 0.1) is 0 Å². The molecule has 0 atom stereocenters. The Balaban J connectivity index is 4.48. The second-order valence-corrected chi connectivity index (χ2v) is 7.35. The van der Waals surface area contributed by atoms with Gasteiger partial charge in [0.2, 0.25) is 0 Å². The Morgan fingerprint density at radius 1 is 1.55 bits per heavy atom. The van der Waals surface area contributed by atoms with Crippen LogP contribution in [0.5, 0.6) is 0 Å². The Bertz CT molecular complexity index is 194. The van der Waals surface area contributed by atoms with Gasteiger partial charge in [-0.3, -0.25) is 0 Å². The van der Waals surface area contributed by atoms with Crippen molar-refractivity contribution in [1.82, 2.24) is 0 Å². The van der Waals surface area contributed by atoms with Gasteiger partial charge in [0, 0.05) is 5.20 Å². The van der Waals surface area contributed by atoms with Crippen LogP contribution in [0.3, 0.4) is 0 Å². The number of hydrogen-bond donors (Lipinski definition) is 0. The Hall–Kier alpha value is -0.833. The number of rotatable bonds is 3. The van der Waals surface area contributed by atoms with Gasteiger partial charge in [0.15, 0.2) is 0 Å². The Labute approximate surface area is 68.6 Å². The molecule has 0 unspecified atom stereocenters. The molecule has 0 N–H and O–H groups in total. The third-order valence-electron chi connectivity index (χ3n) is 1.72. The minimum atomic E-state index is -1.77. The topological polar surface area (TPSA) is 26.3 Å². The lowest BCUT2D eigenvalue weighted by atomic mass is 10.6. The molecule has 0 spiro atoms. The Kier molecular flexibility index (Phi) is 3.26. The lowest BCUT2D eigenvalue weighted by Crippen LogP contribution is -2.31. The van der Waals surface area contributed by atoms with E-state index in [1.54, 1.807) is 0 Å². The van der Waals surface area contributed by atoms with Crippen molar-refractivity contribution in [3.8, 4) is 0 Å². The Morgan fingerprint density at radius 3 is 2.27 bits per heavy atom. The van der Waals surface area contributed by atoms with E-state index in [2.05, 4.69) is 17.9 Å². The molecule has 0 aromatic heterocycles. The van der Waals surface area contributed by atoms with Crippen LogP contribution < -0.4 is 0 Å². The van der Waals surface area contributed by atoms with Crippen molar-refractivity contribution in [2.75, 3.05) is 7.11 Å². The number of hydrogen-bond acceptors (Lipinski definition) is 2. The summed E-state index contributed by atoms with van der Waals surface area (Å²) < 4.78 is 4.55. The molecular weight excluding hydrogens is 156 g/mol. The maximum absolute atomic E-state index is 11.0. The van der Waals surface area contributed by atoms with Crippen molar-refractivity contribution in [3.05, 3.63) is 24.1 Å². The van der Waals surface area contributed by atoms with E-state index in [0.29, 0.717) is 5.20 Å². The molecule has 0 aromatic carbocycles. The predicted molar refractivity (Wildman–Crippen MR) is 48.8 cm³/mol. The highest BCUT2D eigenvalue weighted by Crippen LogP contribution is 2.14. The van der Waals surface area contributed by atoms with Crippen LogP contribution >= 0.6 is 0 Å². The fourth-order valence-electron chi connectivity index (χ4n) is 0.509. The quantitative estimate of drug-likeness (QED) is 0.366. The highest BCUT2D eigenvalue weighted by atomic mass is 28.3. The molecule has 0 fully saturated rings. The summed E-state index contributed by atoms with van der Waals surface area (Å²) in [4.78, 5) is 11.0. The molecule has 0 amide bonds. The summed E-state index contributed by atoms with van der Waals surface area (Å²) in [6.07, 6.45) is 0. The molecule has 0 aliphatic carbocycles. The smallest absolute Gasteiger partial charge is 0.329 e. The van der Waals surface area contributed by atoms with Crippen LogP contribution in [0.15, 0.2) is 24.1 Å². The fourth-order valence-corrected chi connectivity index (χ4v) is 1.38. The minimum Gasteiger partial charge on any atom is -0.466 e. The average Bonchev–Trinajstić information content (AvgIpc) is 2.01. The number of esters is 1. The second-order valence-electron chi connectivity index (χ2n) is 2.90. The SMILES string of the molecule is C=C[Si](C)(C)C(=C)C(=O)OC. The molecular formula is C8H14O2Si. The third kappa shape index (κ3) is 2.35. The maximum atomic E-state index is 11.0. The van der Waals surface area contributed by atoms with Crippen molar-refractivity contribution < 1.29 is 9.53 Å². The standard InChI is InChI=1S/C8H14O2Si/c1-6-11(4,5)7(2)8(9)10-3/h6H,1-2H2,3-5H3. The fraction of sp³-hybridized carbons (Fsp3) is 0.375. The average molecular weight is 170 g/mol. The number of methoxy groups -OCH3 is 1. The van der Waals surface area contributed by atoms with Crippen molar-refractivity contribution in [3.63, 3.8) is 0 Å². The first kappa shape index (κ1) is 10.2. The van der Waals surface area contributed by atoms with Crippen molar-refractivity contribution in [2.24, 2.45) is 0 Å². The summed E-state index contributed by atoms with van der Waals surface area (Å²) >= 11 is 0. The molecule has 0 radical (unpaired) electrons. The van der Waals surface area contributed by atoms with Crippen molar-refractivity contribution in [1.29, 1.82) is 0 Å². The van der Waals surface area contributed by atoms with Crippen LogP contribution in [0.1, 0.15) is 0 Å². The summed E-state index contributed by atoms with van der Waals surface area (Å²) in [5, 5.41) is 0.565. The third-order valence-corrected chi connectivity index (χ3v) is 4.50. The first-order valence-electron chi connectivity index (χ1n) is 3.37. The number of ether oxygens (including phenoxy) is 1. The molecule has 2 nitrogen and oxygen atoms in total. The van der Waals surface area contributed by atoms with Gasteiger partial charge in [0.1, 0.15) is 8.07 Å². The summed E-state index contributed by atoms with van der Waals surface area (Å²) in [5.41, 5.74) is 1.81. The van der Waals surface area contributed by atoms with Crippen LogP contribution in [0.25, 0.3) is 0 Å². The van der Waals surface area contributed by atoms with E-state index in [1.165, 1.54) is 7.11 Å². The van der Waals surface area contributed by atoms with Gasteiger partial charge in [-0.05, 0) is 0 Å². The highest BCUT2D eigenvalue weighted by Gasteiger charge is 2.26. The molecule has 11 heavy (non-hydrogen) atoms. The maximum Gasteiger partial charge on any atom is 0.329 e. The normalized spacial score (nSPS) is 10.5. The van der Waals surface area contributed by atoms with E-state index in [0.717, 1.165) is 0 Å². The lowest BCUT2D eigenvalue weighted by molar-refractivity contribution is -0.135. The van der Waals surface area contributed by atoms with Crippen LogP contribution in [0.4, 0.5) is 0 Å². The molecule has 0 aliphatic rings. The van der Waals surface area contributed by atoms with Gasteiger partial charge < -0.3 is 4.74 Å². The van der Waals surface area contributed by atoms with Crippen LogP contribution in [-0.4, -0.2) is 21.2 Å². The largest absolute Gasteiger partial charge is 0.466 e. The lowest BCUT2D eigenvalue weighted by Gasteiger charge is -2.17. The summed E-state index contributed by atoms with van der Waals surface area (Å²) in [7, 11) is -0.408. The zero-order chi connectivity index (χ0) is 9.07. The van der Waals surface area contributed by atoms with E-state index in [-0.39, 0.29) is 5.97 Å². The summed E-state index contributed by atoms with van der Waals surface area (Å²) in [6.45, 7) is 11.3. The van der Waals surface area contributed by atoms with Gasteiger partial charge in [-0.15, -0.1) is 6.58 Å². The van der Waals surface area contributed by atoms with E-state index < -0.39 is 8.07 Å². The number of carbonyl (C=O) groups is 1. The van der Waals surface area contributed by atoms with E-state index in [1.807, 2.05) is 18.8 Å². The molecule has 0 heterocycles. The summed E-state index contributed by atoms with van der Waals surface area (Å²) in [6, 6.07) is 0. The minimum absolute atomic E-state index is 0.318. The predicted octanol–water partition coefficient (Wildman–Crippen LogP) is 1.69. The van der Waals surface area contributed by atoms with Crippen LogP contribution in [-0.2, 0) is 9.53 Å². The van der Waals surface area contributed by atoms with Gasteiger partial charge in [-0.2, -0.15) is 0 Å². The molecule has 0 rings (SSSR count). The monoisotopic (exact) mass is 170 g/mol. The Morgan fingerprint density at radius 2 is 2.00 bits per heavy atom. The van der Waals surface area contributed by atoms with Gasteiger partial charge >= 0.3 is 5.97 Å². The number of carbonyl (C=O) groups excluding carboxylic acids is 1. The molecule has 62 valence electrons. The molecule has 0 aromatic rings.